The van der Waals surface area contributed by atoms with E-state index in [1.165, 1.54) is 38.5 Å². The van der Waals surface area contributed by atoms with Crippen molar-refractivity contribution in [1.29, 1.82) is 5.26 Å². The molecule has 200 valence electrons. The number of nitrogens with zero attached hydrogens (tertiary/aromatic N) is 4. The molecule has 2 aromatic carbocycles. The van der Waals surface area contributed by atoms with Crippen molar-refractivity contribution >= 4 is 39.8 Å². The Morgan fingerprint density at radius 1 is 0.974 bits per heavy atom. The molecular weight excluding hydrogens is 500 g/mol. The lowest BCUT2D eigenvalue weighted by Crippen LogP contribution is -2.41. The fourth-order valence-electron chi connectivity index (χ4n) is 6.52. The summed E-state index contributed by atoms with van der Waals surface area (Å²) in [6.07, 6.45) is 13.9. The average molecular weight is 537 g/mol. The van der Waals surface area contributed by atoms with Crippen molar-refractivity contribution in [2.24, 2.45) is 4.99 Å². The minimum absolute atomic E-state index is 0.118. The molecule has 0 N–H and O–H groups in total. The lowest BCUT2D eigenvalue weighted by molar-refractivity contribution is -0.124. The molecule has 6 rings (SSSR count). The third-order valence-corrected chi connectivity index (χ3v) is 9.66. The summed E-state index contributed by atoms with van der Waals surface area (Å²) in [6, 6.07) is 19.1. The van der Waals surface area contributed by atoms with Gasteiger partial charge in [-0.1, -0.05) is 74.9 Å². The van der Waals surface area contributed by atoms with Crippen molar-refractivity contribution in [2.75, 3.05) is 0 Å². The standard InChI is InChI=1S/C33H36N4OS/c1-23-29(28-18-10-11-19-30(28)36(23)22-25-13-9-8-12-24(25)21-34)20-31-32(38)37(27-16-6-3-7-17-27)33(39-31)35-26-14-4-2-5-15-26/h8-13,18-20,26-27H,2-7,14-17,22H2,1H3. The number of aliphatic imine (C=N–C) groups is 1. The maximum absolute atomic E-state index is 14.0. The van der Waals surface area contributed by atoms with Crippen LogP contribution < -0.4 is 0 Å². The third-order valence-electron chi connectivity index (χ3n) is 8.67. The minimum atomic E-state index is 0.118. The number of benzene rings is 2. The van der Waals surface area contributed by atoms with Crippen LogP contribution in [-0.4, -0.2) is 32.6 Å². The third kappa shape index (κ3) is 5.17. The van der Waals surface area contributed by atoms with Gasteiger partial charge in [-0.2, -0.15) is 5.26 Å². The van der Waals surface area contributed by atoms with E-state index in [4.69, 9.17) is 4.99 Å². The summed E-state index contributed by atoms with van der Waals surface area (Å²) in [7, 11) is 0. The fourth-order valence-corrected chi connectivity index (χ4v) is 7.61. The molecule has 1 amide bonds. The van der Waals surface area contributed by atoms with E-state index < -0.39 is 0 Å². The van der Waals surface area contributed by atoms with Crippen LogP contribution in [0.5, 0.6) is 0 Å². The van der Waals surface area contributed by atoms with E-state index in [0.717, 1.165) is 63.5 Å². The summed E-state index contributed by atoms with van der Waals surface area (Å²) in [5.41, 5.74) is 5.00. The first-order valence-electron chi connectivity index (χ1n) is 14.5. The second kappa shape index (κ2) is 11.4. The molecule has 2 heterocycles. The highest BCUT2D eigenvalue weighted by Gasteiger charge is 2.39. The summed E-state index contributed by atoms with van der Waals surface area (Å²) in [5, 5.41) is 11.7. The molecule has 1 aromatic heterocycles. The van der Waals surface area contributed by atoms with Gasteiger partial charge in [0.25, 0.3) is 5.91 Å². The van der Waals surface area contributed by atoms with Gasteiger partial charge in [-0.05, 0) is 68.1 Å². The van der Waals surface area contributed by atoms with Gasteiger partial charge in [0.1, 0.15) is 0 Å². The molecule has 39 heavy (non-hydrogen) atoms. The number of carbonyl (C=O) groups is 1. The Labute approximate surface area is 235 Å². The molecule has 3 aromatic rings. The molecule has 1 aliphatic heterocycles. The van der Waals surface area contributed by atoms with Crippen LogP contribution in [0.1, 0.15) is 86.6 Å². The number of hydrogen-bond donors (Lipinski definition) is 0. The predicted octanol–water partition coefficient (Wildman–Crippen LogP) is 7.81. The second-order valence-electron chi connectivity index (χ2n) is 11.2. The molecular formula is C33H36N4OS. The summed E-state index contributed by atoms with van der Waals surface area (Å²) < 4.78 is 2.28. The molecule has 2 saturated carbocycles. The fraction of sp³-hybridized carbons (Fsp3) is 0.424. The van der Waals surface area contributed by atoms with Gasteiger partial charge in [0, 0.05) is 34.7 Å². The Bertz CT molecular complexity index is 1480. The number of carbonyl (C=O) groups excluding carboxylic acids is 1. The first-order valence-corrected chi connectivity index (χ1v) is 15.3. The van der Waals surface area contributed by atoms with Crippen molar-refractivity contribution in [2.45, 2.75) is 89.8 Å². The van der Waals surface area contributed by atoms with Crippen molar-refractivity contribution in [3.63, 3.8) is 0 Å². The van der Waals surface area contributed by atoms with Crippen molar-refractivity contribution < 1.29 is 4.79 Å². The minimum Gasteiger partial charge on any atom is -0.340 e. The van der Waals surface area contributed by atoms with Crippen molar-refractivity contribution in [3.05, 3.63) is 75.8 Å². The first-order chi connectivity index (χ1) is 19.1. The number of aromatic nitrogens is 1. The van der Waals surface area contributed by atoms with Crippen LogP contribution in [0.2, 0.25) is 0 Å². The molecule has 0 bridgehead atoms. The molecule has 3 fully saturated rings. The van der Waals surface area contributed by atoms with E-state index in [1.807, 2.05) is 24.3 Å². The predicted molar refractivity (Wildman–Crippen MR) is 161 cm³/mol. The maximum Gasteiger partial charge on any atom is 0.267 e. The topological polar surface area (TPSA) is 61.4 Å². The number of hydrogen-bond acceptors (Lipinski definition) is 4. The van der Waals surface area contributed by atoms with Crippen molar-refractivity contribution in [3.8, 4) is 6.07 Å². The van der Waals surface area contributed by atoms with E-state index in [-0.39, 0.29) is 11.9 Å². The van der Waals surface area contributed by atoms with E-state index in [9.17, 15) is 10.1 Å². The molecule has 1 saturated heterocycles. The normalized spacial score (nSPS) is 21.3. The Balaban J connectivity index is 1.40. The van der Waals surface area contributed by atoms with Gasteiger partial charge < -0.3 is 4.57 Å². The zero-order valence-electron chi connectivity index (χ0n) is 22.7. The maximum atomic E-state index is 14.0. The highest BCUT2D eigenvalue weighted by molar-refractivity contribution is 8.18. The smallest absolute Gasteiger partial charge is 0.267 e. The monoisotopic (exact) mass is 536 g/mol. The molecule has 2 aliphatic carbocycles. The van der Waals surface area contributed by atoms with Crippen LogP contribution >= 0.6 is 11.8 Å². The molecule has 3 aliphatic rings. The largest absolute Gasteiger partial charge is 0.340 e. The molecule has 0 spiro atoms. The van der Waals surface area contributed by atoms with Gasteiger partial charge in [-0.25, -0.2) is 0 Å². The number of amidine groups is 1. The SMILES string of the molecule is Cc1c(C=C2SC(=NC3CCCCC3)N(C3CCCCC3)C2=O)c2ccccc2n1Cc1ccccc1C#N. The Morgan fingerprint density at radius 3 is 2.44 bits per heavy atom. The summed E-state index contributed by atoms with van der Waals surface area (Å²) in [5.74, 6) is 0.118. The Kier molecular flexibility index (Phi) is 7.61. The number of para-hydroxylation sites is 1. The Morgan fingerprint density at radius 2 is 1.67 bits per heavy atom. The van der Waals surface area contributed by atoms with Gasteiger partial charge in [0.2, 0.25) is 0 Å². The van der Waals surface area contributed by atoms with Crippen molar-refractivity contribution in [1.82, 2.24) is 9.47 Å². The van der Waals surface area contributed by atoms with Gasteiger partial charge in [0.05, 0.1) is 22.6 Å². The van der Waals surface area contributed by atoms with Gasteiger partial charge >= 0.3 is 0 Å². The number of amides is 1. The van der Waals surface area contributed by atoms with Crippen LogP contribution in [-0.2, 0) is 11.3 Å². The average Bonchev–Trinajstić information content (AvgIpc) is 3.42. The number of rotatable bonds is 5. The molecule has 0 unspecified atom stereocenters. The van der Waals surface area contributed by atoms with Gasteiger partial charge in [0.15, 0.2) is 5.17 Å². The lowest BCUT2D eigenvalue weighted by atomic mass is 9.94. The van der Waals surface area contributed by atoms with Crippen LogP contribution in [0.3, 0.4) is 0 Å². The number of nitriles is 1. The van der Waals surface area contributed by atoms with E-state index in [2.05, 4.69) is 52.8 Å². The lowest BCUT2D eigenvalue weighted by Gasteiger charge is -2.31. The van der Waals surface area contributed by atoms with Crippen LogP contribution in [0.25, 0.3) is 17.0 Å². The summed E-state index contributed by atoms with van der Waals surface area (Å²) >= 11 is 1.58. The second-order valence-corrected chi connectivity index (χ2v) is 12.2. The van der Waals surface area contributed by atoms with E-state index in [0.29, 0.717) is 18.2 Å². The molecule has 0 radical (unpaired) electrons. The summed E-state index contributed by atoms with van der Waals surface area (Å²) in [6.45, 7) is 2.74. The molecule has 5 nitrogen and oxygen atoms in total. The van der Waals surface area contributed by atoms with Gasteiger partial charge in [-0.3, -0.25) is 14.7 Å². The van der Waals surface area contributed by atoms with Gasteiger partial charge in [-0.15, -0.1) is 0 Å². The summed E-state index contributed by atoms with van der Waals surface area (Å²) in [4.78, 5) is 22.0. The van der Waals surface area contributed by atoms with E-state index in [1.54, 1.807) is 11.8 Å². The Hall–Kier alpha value is -3.30. The van der Waals surface area contributed by atoms with Crippen LogP contribution in [0, 0.1) is 18.3 Å². The highest BCUT2D eigenvalue weighted by Crippen LogP contribution is 2.40. The first kappa shape index (κ1) is 26.0. The van der Waals surface area contributed by atoms with Crippen LogP contribution in [0.4, 0.5) is 0 Å². The molecule has 6 heteroatoms. The molecule has 0 atom stereocenters. The number of fused-ring (bicyclic) bond motifs is 1. The quantitative estimate of drug-likeness (QED) is 0.313. The number of thioether (sulfide) groups is 1. The zero-order valence-corrected chi connectivity index (χ0v) is 23.6. The van der Waals surface area contributed by atoms with Crippen LogP contribution in [0.15, 0.2) is 58.4 Å². The van der Waals surface area contributed by atoms with E-state index >= 15 is 0 Å². The zero-order chi connectivity index (χ0) is 26.8. The highest BCUT2D eigenvalue weighted by atomic mass is 32.2.